The average Bonchev–Trinajstić information content (AvgIpc) is 3.25. The summed E-state index contributed by atoms with van der Waals surface area (Å²) in [5.74, 6) is -2.06. The molecule has 1 saturated heterocycles. The van der Waals surface area contributed by atoms with E-state index in [1.165, 1.54) is 18.9 Å². The number of carboxylic acids is 1. The van der Waals surface area contributed by atoms with Crippen molar-refractivity contribution in [2.45, 2.75) is 25.4 Å². The first-order valence-corrected chi connectivity index (χ1v) is 11.2. The summed E-state index contributed by atoms with van der Waals surface area (Å²) in [5.41, 5.74) is 2.55. The molecule has 34 heavy (non-hydrogen) atoms. The van der Waals surface area contributed by atoms with Crippen LogP contribution in [0.5, 0.6) is 5.75 Å². The second-order valence-corrected chi connectivity index (χ2v) is 8.67. The molecule has 4 rings (SSSR count). The second-order valence-electron chi connectivity index (χ2n) is 8.27. The molecule has 0 aromatic heterocycles. The Morgan fingerprint density at radius 3 is 2.29 bits per heavy atom. The largest absolute Gasteiger partial charge is 0.496 e. The quantitative estimate of drug-likeness (QED) is 0.523. The molecule has 0 spiro atoms. The summed E-state index contributed by atoms with van der Waals surface area (Å²) >= 11 is 6.44. The van der Waals surface area contributed by atoms with Crippen molar-refractivity contribution in [2.24, 2.45) is 5.92 Å². The predicted octanol–water partition coefficient (Wildman–Crippen LogP) is 5.26. The van der Waals surface area contributed by atoms with Crippen LogP contribution in [0.2, 0.25) is 5.02 Å². The average molecular weight is 478 g/mol. The van der Waals surface area contributed by atoms with Gasteiger partial charge in [0.15, 0.2) is 0 Å². The van der Waals surface area contributed by atoms with Gasteiger partial charge in [-0.3, -0.25) is 9.59 Å². The van der Waals surface area contributed by atoms with Gasteiger partial charge in [-0.05, 0) is 48.7 Å². The van der Waals surface area contributed by atoms with E-state index in [0.717, 1.165) is 11.1 Å². The maximum atomic E-state index is 13.8. The fourth-order valence-corrected chi connectivity index (χ4v) is 4.91. The summed E-state index contributed by atoms with van der Waals surface area (Å²) in [6.45, 7) is 1.42. The number of nitrogens with zero attached hydrogens (tertiary/aromatic N) is 1. The first-order chi connectivity index (χ1) is 16.3. The first-order valence-electron chi connectivity index (χ1n) is 10.9. The number of likely N-dealkylation sites (tertiary alicyclic amines) is 1. The number of amides is 1. The minimum absolute atomic E-state index is 0.0194. The normalized spacial score (nSPS) is 19.6. The topological polar surface area (TPSA) is 83.9 Å². The Kier molecular flexibility index (Phi) is 6.70. The van der Waals surface area contributed by atoms with Gasteiger partial charge < -0.3 is 14.7 Å². The van der Waals surface area contributed by atoms with E-state index in [2.05, 4.69) is 0 Å². The Bertz CT molecular complexity index is 1240. The molecule has 1 N–H and O–H groups in total. The number of benzene rings is 3. The smallest absolute Gasteiger partial charge is 0.326 e. The van der Waals surface area contributed by atoms with E-state index >= 15 is 0 Å². The zero-order valence-corrected chi connectivity index (χ0v) is 19.5. The van der Waals surface area contributed by atoms with Gasteiger partial charge >= 0.3 is 5.97 Å². The van der Waals surface area contributed by atoms with Crippen LogP contribution in [0.1, 0.15) is 35.3 Å². The minimum atomic E-state index is -1.16. The lowest BCUT2D eigenvalue weighted by molar-refractivity contribution is -0.141. The Morgan fingerprint density at radius 2 is 1.68 bits per heavy atom. The van der Waals surface area contributed by atoms with Crippen molar-refractivity contribution in [2.75, 3.05) is 7.11 Å². The van der Waals surface area contributed by atoms with Gasteiger partial charge in [0.1, 0.15) is 17.6 Å². The molecule has 3 aromatic carbocycles. The van der Waals surface area contributed by atoms with Gasteiger partial charge in [0.25, 0.3) is 5.91 Å². The van der Waals surface area contributed by atoms with Crippen molar-refractivity contribution in [3.05, 3.63) is 88.9 Å². The summed E-state index contributed by atoms with van der Waals surface area (Å²) in [7, 11) is 1.52. The van der Waals surface area contributed by atoms with Crippen molar-refractivity contribution < 1.29 is 24.2 Å². The number of carboxylic acid groups (broad SMARTS) is 1. The molecular weight excluding hydrogens is 454 g/mol. The van der Waals surface area contributed by atoms with Crippen LogP contribution in [0.25, 0.3) is 11.1 Å². The third-order valence-electron chi connectivity index (χ3n) is 6.29. The highest BCUT2D eigenvalue weighted by molar-refractivity contribution is 6.31. The highest BCUT2D eigenvalue weighted by atomic mass is 35.5. The number of hydrogen-bond donors (Lipinski definition) is 1. The molecule has 1 aliphatic rings. The molecule has 6 nitrogen and oxygen atoms in total. The fraction of sp³-hybridized carbons (Fsp3) is 0.222. The third kappa shape index (κ3) is 4.29. The summed E-state index contributed by atoms with van der Waals surface area (Å²) < 4.78 is 5.56. The van der Waals surface area contributed by atoms with Gasteiger partial charge in [-0.2, -0.15) is 0 Å². The molecule has 1 unspecified atom stereocenters. The van der Waals surface area contributed by atoms with Crippen molar-refractivity contribution in [3.8, 4) is 16.9 Å². The number of methoxy groups -OCH3 is 1. The van der Waals surface area contributed by atoms with E-state index in [-0.39, 0.29) is 17.8 Å². The third-order valence-corrected chi connectivity index (χ3v) is 6.64. The number of ether oxygens (including phenoxy) is 1. The second kappa shape index (κ2) is 9.69. The van der Waals surface area contributed by atoms with Gasteiger partial charge in [-0.25, -0.2) is 4.79 Å². The highest BCUT2D eigenvalue weighted by Crippen LogP contribution is 2.45. The number of ketones is 1. The Hall–Kier alpha value is -3.64. The summed E-state index contributed by atoms with van der Waals surface area (Å²) in [5, 5.41) is 10.3. The summed E-state index contributed by atoms with van der Waals surface area (Å²) in [4.78, 5) is 39.8. The zero-order chi connectivity index (χ0) is 24.4. The van der Waals surface area contributed by atoms with Crippen molar-refractivity contribution in [1.82, 2.24) is 4.90 Å². The van der Waals surface area contributed by atoms with E-state index in [9.17, 15) is 19.5 Å². The summed E-state index contributed by atoms with van der Waals surface area (Å²) in [6.07, 6.45) is 0.0194. The maximum Gasteiger partial charge on any atom is 0.326 e. The highest BCUT2D eigenvalue weighted by Gasteiger charge is 2.50. The Balaban J connectivity index is 1.81. The van der Waals surface area contributed by atoms with E-state index in [4.69, 9.17) is 16.3 Å². The van der Waals surface area contributed by atoms with Gasteiger partial charge in [-0.15, -0.1) is 0 Å². The molecule has 0 saturated carbocycles. The Labute approximate surface area is 202 Å². The maximum absolute atomic E-state index is 13.8. The fourth-order valence-electron chi connectivity index (χ4n) is 4.66. The lowest BCUT2D eigenvalue weighted by atomic mass is 9.90. The molecule has 0 radical (unpaired) electrons. The van der Waals surface area contributed by atoms with Crippen LogP contribution in [0.15, 0.2) is 72.8 Å². The molecule has 1 fully saturated rings. The lowest BCUT2D eigenvalue weighted by Crippen LogP contribution is -2.42. The van der Waals surface area contributed by atoms with Crippen LogP contribution in [0.4, 0.5) is 0 Å². The summed E-state index contributed by atoms with van der Waals surface area (Å²) in [6, 6.07) is 19.6. The number of hydrogen-bond acceptors (Lipinski definition) is 4. The molecule has 1 heterocycles. The van der Waals surface area contributed by atoms with Gasteiger partial charge in [0, 0.05) is 22.1 Å². The molecule has 3 aromatic rings. The number of Topliss-reactive ketones (excluding diaryl/α,β-unsaturated/α-hetero) is 1. The van der Waals surface area contributed by atoms with Crippen LogP contribution >= 0.6 is 11.6 Å². The molecular formula is C27H24ClNO5. The van der Waals surface area contributed by atoms with E-state index in [0.29, 0.717) is 16.3 Å². The molecule has 0 bridgehead atoms. The van der Waals surface area contributed by atoms with Crippen LogP contribution in [0, 0.1) is 5.92 Å². The van der Waals surface area contributed by atoms with Crippen molar-refractivity contribution in [3.63, 3.8) is 0 Å². The molecule has 0 aliphatic carbocycles. The molecule has 174 valence electrons. The van der Waals surface area contributed by atoms with E-state index < -0.39 is 29.9 Å². The molecule has 1 aliphatic heterocycles. The number of aliphatic carboxylic acids is 1. The van der Waals surface area contributed by atoms with Crippen LogP contribution in [-0.4, -0.2) is 40.8 Å². The number of halogens is 1. The monoisotopic (exact) mass is 477 g/mol. The van der Waals surface area contributed by atoms with Crippen LogP contribution in [0.3, 0.4) is 0 Å². The predicted molar refractivity (Wildman–Crippen MR) is 129 cm³/mol. The number of carbonyl (C=O) groups is 3. The van der Waals surface area contributed by atoms with Crippen LogP contribution in [-0.2, 0) is 9.59 Å². The van der Waals surface area contributed by atoms with Crippen molar-refractivity contribution in [1.29, 1.82) is 0 Å². The molecule has 7 heteroatoms. The SMILES string of the molecule is COc1cc(C(=O)N2[C@H](C(=O)O)CC(C(C)=O)[C@@H]2c2ccccc2Cl)ccc1-c1ccccc1. The number of carbonyl (C=O) groups excluding carboxylic acids is 2. The first kappa shape index (κ1) is 23.5. The van der Waals surface area contributed by atoms with Crippen LogP contribution < -0.4 is 4.74 Å². The lowest BCUT2D eigenvalue weighted by Gasteiger charge is -2.31. The van der Waals surface area contributed by atoms with E-state index in [1.54, 1.807) is 42.5 Å². The van der Waals surface area contributed by atoms with Gasteiger partial charge in [0.05, 0.1) is 13.2 Å². The zero-order valence-electron chi connectivity index (χ0n) is 18.8. The molecule has 3 atom stereocenters. The van der Waals surface area contributed by atoms with Gasteiger partial charge in [-0.1, -0.05) is 60.1 Å². The van der Waals surface area contributed by atoms with Crippen molar-refractivity contribution >= 4 is 29.3 Å². The molecule has 1 amide bonds. The van der Waals surface area contributed by atoms with Gasteiger partial charge in [0.2, 0.25) is 0 Å². The van der Waals surface area contributed by atoms with E-state index in [1.807, 2.05) is 30.3 Å². The standard InChI is InChI=1S/C27H24ClNO5/c1-16(30)21-15-23(27(32)33)29(25(21)20-10-6-7-11-22(20)28)26(31)18-12-13-19(24(14-18)34-2)17-8-4-3-5-9-17/h3-14,21,23,25H,15H2,1-2H3,(H,32,33)/t21?,23-,25-/m0/s1. The minimum Gasteiger partial charge on any atom is -0.496 e. The Morgan fingerprint density at radius 1 is 1.00 bits per heavy atom. The number of rotatable bonds is 6.